The minimum Gasteiger partial charge on any atom is -0.398 e. The monoisotopic (exact) mass is 192 g/mol. The quantitative estimate of drug-likeness (QED) is 0.622. The van der Waals surface area contributed by atoms with E-state index in [1.54, 1.807) is 24.7 Å². The topological polar surface area (TPSA) is 95.1 Å². The Kier molecular flexibility index (Phi) is 1.85. The lowest BCUT2D eigenvalue weighted by atomic mass is 9.97. The highest BCUT2D eigenvalue weighted by molar-refractivity contribution is 5.78. The number of nitrogens with zero attached hydrogens (tertiary/aromatic N) is 4. The minimum atomic E-state index is -0.655. The molecule has 0 bridgehead atoms. The predicted molar refractivity (Wildman–Crippen MR) is 52.4 cm³/mol. The first-order valence-corrected chi connectivity index (χ1v) is 4.26. The highest BCUT2D eigenvalue weighted by atomic mass is 15.5. The first-order valence-electron chi connectivity index (χ1n) is 4.26. The van der Waals surface area contributed by atoms with Crippen LogP contribution in [0.5, 0.6) is 0 Å². The van der Waals surface area contributed by atoms with E-state index in [2.05, 4.69) is 15.2 Å². The Morgan fingerprint density at radius 3 is 2.64 bits per heavy atom. The number of hydrogen-bond acceptors (Lipinski definition) is 5. The largest absolute Gasteiger partial charge is 0.398 e. The summed E-state index contributed by atoms with van der Waals surface area (Å²) < 4.78 is 0. The van der Waals surface area contributed by atoms with Crippen molar-refractivity contribution in [3.8, 4) is 0 Å². The number of dihydropyridines is 1. The Labute approximate surface area is 81.3 Å². The third-order valence-corrected chi connectivity index (χ3v) is 2.05. The van der Waals surface area contributed by atoms with Gasteiger partial charge in [0, 0.05) is 11.9 Å². The number of nitrogens with two attached hydrogens (primary N) is 2. The molecule has 0 spiro atoms. The minimum absolute atomic E-state index is 0.329. The summed E-state index contributed by atoms with van der Waals surface area (Å²) >= 11 is 0. The molecule has 6 heteroatoms. The van der Waals surface area contributed by atoms with Crippen LogP contribution in [0.25, 0.3) is 0 Å². The molecular weight excluding hydrogens is 180 g/mol. The molecule has 4 N–H and O–H groups in total. The van der Waals surface area contributed by atoms with Gasteiger partial charge in [-0.05, 0) is 13.0 Å². The van der Waals surface area contributed by atoms with E-state index in [1.807, 2.05) is 6.92 Å². The summed E-state index contributed by atoms with van der Waals surface area (Å²) in [6, 6.07) is 0. The van der Waals surface area contributed by atoms with E-state index in [-0.39, 0.29) is 6.17 Å². The Balaban J connectivity index is 2.35. The molecule has 0 aliphatic carbocycles. The molecule has 0 radical (unpaired) electrons. The van der Waals surface area contributed by atoms with Crippen LogP contribution in [0.1, 0.15) is 13.1 Å². The van der Waals surface area contributed by atoms with Crippen molar-refractivity contribution < 1.29 is 0 Å². The summed E-state index contributed by atoms with van der Waals surface area (Å²) in [7, 11) is 0. The Bertz CT molecular complexity index is 375. The van der Waals surface area contributed by atoms with E-state index >= 15 is 0 Å². The second-order valence-electron chi connectivity index (χ2n) is 3.51. The molecule has 2 atom stereocenters. The van der Waals surface area contributed by atoms with Gasteiger partial charge in [0.1, 0.15) is 0 Å². The van der Waals surface area contributed by atoms with Crippen molar-refractivity contribution in [1.29, 1.82) is 0 Å². The highest BCUT2D eigenvalue weighted by Gasteiger charge is 2.32. The van der Waals surface area contributed by atoms with Crippen LogP contribution < -0.4 is 11.5 Å². The van der Waals surface area contributed by atoms with Gasteiger partial charge in [-0.15, -0.1) is 0 Å². The molecule has 0 amide bonds. The van der Waals surface area contributed by atoms with Gasteiger partial charge in [-0.25, -0.2) is 0 Å². The summed E-state index contributed by atoms with van der Waals surface area (Å²) in [6.07, 6.45) is 6.18. The van der Waals surface area contributed by atoms with E-state index in [0.29, 0.717) is 5.70 Å². The molecule has 1 aromatic rings. The van der Waals surface area contributed by atoms with E-state index in [4.69, 9.17) is 11.5 Å². The fourth-order valence-electron chi connectivity index (χ4n) is 1.45. The maximum atomic E-state index is 6.03. The van der Waals surface area contributed by atoms with Crippen molar-refractivity contribution in [3.05, 3.63) is 24.2 Å². The number of hydrogen-bond donors (Lipinski definition) is 2. The zero-order valence-electron chi connectivity index (χ0n) is 7.83. The van der Waals surface area contributed by atoms with Gasteiger partial charge in [-0.3, -0.25) is 4.99 Å². The maximum absolute atomic E-state index is 6.03. The van der Waals surface area contributed by atoms with Gasteiger partial charge in [-0.1, -0.05) is 0 Å². The van der Waals surface area contributed by atoms with Gasteiger partial charge < -0.3 is 11.5 Å². The molecule has 1 aliphatic rings. The average molecular weight is 192 g/mol. The molecule has 2 heterocycles. The molecule has 2 unspecified atom stereocenters. The molecule has 1 aromatic heterocycles. The van der Waals surface area contributed by atoms with Gasteiger partial charge in [0.2, 0.25) is 0 Å². The standard InChI is InChI=1S/C8H12N6/c1-8(10)4-6(9)5-11-7(8)14-12-2-3-13-14/h2-5,7H,9-10H2,1H3. The van der Waals surface area contributed by atoms with Crippen molar-refractivity contribution in [3.63, 3.8) is 0 Å². The maximum Gasteiger partial charge on any atom is 0.182 e. The third-order valence-electron chi connectivity index (χ3n) is 2.05. The smallest absolute Gasteiger partial charge is 0.182 e. The van der Waals surface area contributed by atoms with Crippen LogP contribution in [-0.4, -0.2) is 26.7 Å². The SMILES string of the molecule is CC1(N)C=C(N)C=NC1n1nccn1. The van der Waals surface area contributed by atoms with Gasteiger partial charge in [-0.2, -0.15) is 15.0 Å². The van der Waals surface area contributed by atoms with E-state index in [1.165, 1.54) is 4.80 Å². The summed E-state index contributed by atoms with van der Waals surface area (Å²) in [5, 5.41) is 8.00. The summed E-state index contributed by atoms with van der Waals surface area (Å²) in [5.74, 6) is 0. The molecule has 1 aliphatic heterocycles. The Morgan fingerprint density at radius 1 is 1.43 bits per heavy atom. The Hall–Kier alpha value is -1.69. The van der Waals surface area contributed by atoms with Gasteiger partial charge >= 0.3 is 0 Å². The van der Waals surface area contributed by atoms with Crippen molar-refractivity contribution in [2.45, 2.75) is 18.6 Å². The van der Waals surface area contributed by atoms with Crippen LogP contribution in [-0.2, 0) is 0 Å². The van der Waals surface area contributed by atoms with Gasteiger partial charge in [0.15, 0.2) is 6.17 Å². The second kappa shape index (κ2) is 2.91. The van der Waals surface area contributed by atoms with Crippen molar-refractivity contribution in [1.82, 2.24) is 15.0 Å². The lowest BCUT2D eigenvalue weighted by Gasteiger charge is -2.30. The van der Waals surface area contributed by atoms with E-state index < -0.39 is 5.54 Å². The van der Waals surface area contributed by atoms with Crippen molar-refractivity contribution in [2.24, 2.45) is 16.5 Å². The van der Waals surface area contributed by atoms with Crippen LogP contribution in [0, 0.1) is 0 Å². The molecular formula is C8H12N6. The van der Waals surface area contributed by atoms with E-state index in [0.717, 1.165) is 0 Å². The number of aromatic nitrogens is 3. The normalized spacial score (nSPS) is 31.6. The summed E-state index contributed by atoms with van der Waals surface area (Å²) in [6.45, 7) is 1.84. The van der Waals surface area contributed by atoms with Crippen LogP contribution in [0.4, 0.5) is 0 Å². The zero-order chi connectivity index (χ0) is 10.2. The average Bonchev–Trinajstić information content (AvgIpc) is 2.54. The van der Waals surface area contributed by atoms with E-state index in [9.17, 15) is 0 Å². The third kappa shape index (κ3) is 1.39. The second-order valence-corrected chi connectivity index (χ2v) is 3.51. The first-order chi connectivity index (χ1) is 6.59. The highest BCUT2D eigenvalue weighted by Crippen LogP contribution is 2.24. The number of allylic oxidation sites excluding steroid dienone is 1. The fraction of sp³-hybridized carbons (Fsp3) is 0.375. The molecule has 14 heavy (non-hydrogen) atoms. The fourth-order valence-corrected chi connectivity index (χ4v) is 1.45. The van der Waals surface area contributed by atoms with Crippen LogP contribution >= 0.6 is 0 Å². The van der Waals surface area contributed by atoms with Crippen molar-refractivity contribution in [2.75, 3.05) is 0 Å². The van der Waals surface area contributed by atoms with Crippen LogP contribution in [0.2, 0.25) is 0 Å². The molecule has 0 fully saturated rings. The lowest BCUT2D eigenvalue weighted by molar-refractivity contribution is 0.303. The number of aliphatic imine (C=N–C) groups is 1. The number of rotatable bonds is 1. The first kappa shape index (κ1) is 8.89. The van der Waals surface area contributed by atoms with Crippen LogP contribution in [0.3, 0.4) is 0 Å². The summed E-state index contributed by atoms with van der Waals surface area (Å²) in [5.41, 5.74) is 11.6. The predicted octanol–water partition coefficient (Wildman–Crippen LogP) is -0.579. The van der Waals surface area contributed by atoms with Crippen molar-refractivity contribution >= 4 is 6.21 Å². The zero-order valence-corrected chi connectivity index (χ0v) is 7.83. The molecule has 2 rings (SSSR count). The molecule has 0 aromatic carbocycles. The van der Waals surface area contributed by atoms with Gasteiger partial charge in [0.25, 0.3) is 0 Å². The summed E-state index contributed by atoms with van der Waals surface area (Å²) in [4.78, 5) is 5.67. The lowest BCUT2D eigenvalue weighted by Crippen LogP contribution is -2.46. The van der Waals surface area contributed by atoms with Gasteiger partial charge in [0.05, 0.1) is 17.9 Å². The van der Waals surface area contributed by atoms with Crippen LogP contribution in [0.15, 0.2) is 29.2 Å². The molecule has 74 valence electrons. The Morgan fingerprint density at radius 2 is 2.07 bits per heavy atom. The molecule has 0 saturated heterocycles. The molecule has 0 saturated carbocycles. The molecule has 6 nitrogen and oxygen atoms in total.